The minimum atomic E-state index is -1.36. The van der Waals surface area contributed by atoms with Gasteiger partial charge in [-0.05, 0) is 73.2 Å². The summed E-state index contributed by atoms with van der Waals surface area (Å²) in [5.74, 6) is -2.03. The monoisotopic (exact) mass is 572 g/mol. The van der Waals surface area contributed by atoms with Gasteiger partial charge < -0.3 is 31.9 Å². The molecule has 1 saturated heterocycles. The second kappa shape index (κ2) is 12.3. The van der Waals surface area contributed by atoms with Gasteiger partial charge in [-0.1, -0.05) is 37.3 Å². The maximum Gasteiger partial charge on any atom is 0.321 e. The van der Waals surface area contributed by atoms with Gasteiger partial charge in [-0.15, -0.1) is 0 Å². The van der Waals surface area contributed by atoms with Crippen LogP contribution in [0.15, 0.2) is 66.7 Å². The van der Waals surface area contributed by atoms with Crippen LogP contribution in [0.25, 0.3) is 11.1 Å². The topological polar surface area (TPSA) is 129 Å². The zero-order valence-electron chi connectivity index (χ0n) is 23.9. The number of benzene rings is 3. The minimum absolute atomic E-state index is 0.137. The fraction of sp³-hybridized carbons (Fsp3) is 0.344. The summed E-state index contributed by atoms with van der Waals surface area (Å²) in [6.07, 6.45) is 0.944. The van der Waals surface area contributed by atoms with Crippen molar-refractivity contribution in [2.24, 2.45) is 17.6 Å². The van der Waals surface area contributed by atoms with Gasteiger partial charge in [-0.2, -0.15) is 0 Å². The SMILES string of the molecule is C[C@H](C1CCc2cc(F)ccc2NC1=O)C(C)(N)C(=O)Nc1ccc(-c2ccccc2NC(=O)N2CCNCC2)cc1. The van der Waals surface area contributed by atoms with Crippen molar-refractivity contribution in [2.45, 2.75) is 32.2 Å². The highest BCUT2D eigenvalue weighted by Crippen LogP contribution is 2.34. The van der Waals surface area contributed by atoms with Gasteiger partial charge in [0.1, 0.15) is 5.82 Å². The summed E-state index contributed by atoms with van der Waals surface area (Å²) in [4.78, 5) is 41.0. The van der Waals surface area contributed by atoms with E-state index >= 15 is 0 Å². The van der Waals surface area contributed by atoms with E-state index in [2.05, 4.69) is 21.3 Å². The summed E-state index contributed by atoms with van der Waals surface area (Å²) in [6, 6.07) is 19.1. The molecule has 10 heteroatoms. The van der Waals surface area contributed by atoms with E-state index in [9.17, 15) is 18.8 Å². The number of anilines is 3. The van der Waals surface area contributed by atoms with Crippen molar-refractivity contribution >= 4 is 34.9 Å². The van der Waals surface area contributed by atoms with E-state index in [1.54, 1.807) is 36.9 Å². The molecule has 220 valence electrons. The molecule has 2 aliphatic heterocycles. The lowest BCUT2D eigenvalue weighted by molar-refractivity contribution is -0.126. The largest absolute Gasteiger partial charge is 0.326 e. The zero-order valence-corrected chi connectivity index (χ0v) is 23.9. The van der Waals surface area contributed by atoms with Crippen LogP contribution in [0.5, 0.6) is 0 Å². The third-order valence-electron chi connectivity index (χ3n) is 8.45. The fourth-order valence-corrected chi connectivity index (χ4v) is 5.57. The quantitative estimate of drug-likeness (QED) is 0.299. The van der Waals surface area contributed by atoms with Crippen LogP contribution in [-0.2, 0) is 16.0 Å². The standard InChI is InChI=1S/C32H37FN6O3/c1-20(25-13-9-22-19-23(33)10-14-27(22)37-29(25)40)32(2,34)30(41)36-24-11-7-21(8-12-24)26-5-3-4-6-28(26)38-31(42)39-17-15-35-16-18-39/h3-8,10-12,14,19-20,25,35H,9,13,15-18,34H2,1-2H3,(H,36,41)(H,37,40)(H,38,42)/t20-,25?,32?/m1/s1. The minimum Gasteiger partial charge on any atom is -0.326 e. The first-order valence-corrected chi connectivity index (χ1v) is 14.3. The molecule has 0 radical (unpaired) electrons. The highest BCUT2D eigenvalue weighted by molar-refractivity contribution is 6.00. The number of carbonyl (C=O) groups is 3. The number of urea groups is 1. The Morgan fingerprint density at radius 3 is 2.50 bits per heavy atom. The van der Waals surface area contributed by atoms with Gasteiger partial charge in [0.25, 0.3) is 0 Å². The molecule has 0 saturated carbocycles. The number of para-hydroxylation sites is 1. The molecule has 3 aromatic rings. The van der Waals surface area contributed by atoms with E-state index < -0.39 is 23.3 Å². The summed E-state index contributed by atoms with van der Waals surface area (Å²) in [7, 11) is 0. The number of nitrogens with one attached hydrogen (secondary N) is 4. The molecular weight excluding hydrogens is 535 g/mol. The van der Waals surface area contributed by atoms with Gasteiger partial charge >= 0.3 is 6.03 Å². The van der Waals surface area contributed by atoms with Crippen molar-refractivity contribution in [2.75, 3.05) is 42.1 Å². The van der Waals surface area contributed by atoms with Crippen LogP contribution in [0.3, 0.4) is 0 Å². The summed E-state index contributed by atoms with van der Waals surface area (Å²) < 4.78 is 13.7. The van der Waals surface area contributed by atoms with E-state index in [1.165, 1.54) is 12.1 Å². The van der Waals surface area contributed by atoms with E-state index in [-0.39, 0.29) is 17.8 Å². The summed E-state index contributed by atoms with van der Waals surface area (Å²) in [5, 5.41) is 12.0. The summed E-state index contributed by atoms with van der Waals surface area (Å²) in [5.41, 5.74) is 9.52. The highest BCUT2D eigenvalue weighted by atomic mass is 19.1. The van der Waals surface area contributed by atoms with Gasteiger partial charge in [-0.3, -0.25) is 9.59 Å². The number of halogens is 1. The lowest BCUT2D eigenvalue weighted by Gasteiger charge is -2.34. The number of piperazine rings is 1. The molecule has 42 heavy (non-hydrogen) atoms. The van der Waals surface area contributed by atoms with Crippen LogP contribution >= 0.6 is 0 Å². The number of carbonyl (C=O) groups excluding carboxylic acids is 3. The van der Waals surface area contributed by atoms with E-state index in [0.717, 1.165) is 29.8 Å². The molecule has 9 nitrogen and oxygen atoms in total. The number of nitrogens with zero attached hydrogens (tertiary/aromatic N) is 1. The van der Waals surface area contributed by atoms with Crippen LogP contribution in [0, 0.1) is 17.7 Å². The molecule has 4 amide bonds. The average Bonchev–Trinajstić information content (AvgIpc) is 3.15. The number of fused-ring (bicyclic) bond motifs is 1. The van der Waals surface area contributed by atoms with Crippen LogP contribution < -0.4 is 27.0 Å². The van der Waals surface area contributed by atoms with Crippen LogP contribution in [0.1, 0.15) is 25.8 Å². The van der Waals surface area contributed by atoms with E-state index in [0.29, 0.717) is 43.0 Å². The van der Waals surface area contributed by atoms with Crippen molar-refractivity contribution in [1.82, 2.24) is 10.2 Å². The Morgan fingerprint density at radius 1 is 1.05 bits per heavy atom. The Kier molecular flexibility index (Phi) is 8.56. The molecule has 0 spiro atoms. The summed E-state index contributed by atoms with van der Waals surface area (Å²) >= 11 is 0. The molecule has 6 N–H and O–H groups in total. The predicted molar refractivity (Wildman–Crippen MR) is 163 cm³/mol. The van der Waals surface area contributed by atoms with Gasteiger partial charge in [-0.25, -0.2) is 9.18 Å². The first kappa shape index (κ1) is 29.2. The van der Waals surface area contributed by atoms with Gasteiger partial charge in [0.05, 0.1) is 11.2 Å². The Labute approximate surface area is 245 Å². The Morgan fingerprint density at radius 2 is 1.76 bits per heavy atom. The molecular formula is C32H37FN6O3. The lowest BCUT2D eigenvalue weighted by atomic mass is 9.75. The van der Waals surface area contributed by atoms with E-state index in [1.807, 2.05) is 36.4 Å². The number of amides is 4. The molecule has 2 unspecified atom stereocenters. The molecule has 5 rings (SSSR count). The normalized spacial score (nSPS) is 19.0. The third kappa shape index (κ3) is 6.29. The predicted octanol–water partition coefficient (Wildman–Crippen LogP) is 4.42. The Balaban J connectivity index is 1.25. The number of rotatable bonds is 6. The molecule has 0 aromatic heterocycles. The maximum absolute atomic E-state index is 13.7. The molecule has 2 aliphatic rings. The molecule has 0 aliphatic carbocycles. The molecule has 1 fully saturated rings. The Bertz CT molecular complexity index is 1470. The molecule has 3 atom stereocenters. The third-order valence-corrected chi connectivity index (χ3v) is 8.45. The van der Waals surface area contributed by atoms with Crippen molar-refractivity contribution in [3.63, 3.8) is 0 Å². The molecule has 3 aromatic carbocycles. The van der Waals surface area contributed by atoms with Crippen molar-refractivity contribution in [1.29, 1.82) is 0 Å². The lowest BCUT2D eigenvalue weighted by Crippen LogP contribution is -2.56. The first-order chi connectivity index (χ1) is 20.1. The smallest absolute Gasteiger partial charge is 0.321 e. The number of hydrogen-bond acceptors (Lipinski definition) is 5. The number of nitrogens with two attached hydrogens (primary N) is 1. The molecule has 0 bridgehead atoms. The fourth-order valence-electron chi connectivity index (χ4n) is 5.57. The van der Waals surface area contributed by atoms with Crippen molar-refractivity contribution < 1.29 is 18.8 Å². The first-order valence-electron chi connectivity index (χ1n) is 14.3. The second-order valence-corrected chi connectivity index (χ2v) is 11.3. The van der Waals surface area contributed by atoms with E-state index in [4.69, 9.17) is 5.73 Å². The van der Waals surface area contributed by atoms with Crippen LogP contribution in [-0.4, -0.2) is 54.5 Å². The second-order valence-electron chi connectivity index (χ2n) is 11.3. The Hall–Kier alpha value is -4.28. The zero-order chi connectivity index (χ0) is 29.9. The van der Waals surface area contributed by atoms with Gasteiger partial charge in [0.15, 0.2) is 0 Å². The highest BCUT2D eigenvalue weighted by Gasteiger charge is 2.42. The maximum atomic E-state index is 13.7. The number of aryl methyl sites for hydroxylation is 1. The van der Waals surface area contributed by atoms with Crippen molar-refractivity contribution in [3.05, 3.63) is 78.1 Å². The van der Waals surface area contributed by atoms with Crippen molar-refractivity contribution in [3.8, 4) is 11.1 Å². The van der Waals surface area contributed by atoms with Gasteiger partial charge in [0.2, 0.25) is 11.8 Å². The number of hydrogen-bond donors (Lipinski definition) is 5. The van der Waals surface area contributed by atoms with Crippen LogP contribution in [0.4, 0.5) is 26.2 Å². The van der Waals surface area contributed by atoms with Crippen LogP contribution in [0.2, 0.25) is 0 Å². The average molecular weight is 573 g/mol. The molecule has 2 heterocycles. The summed E-state index contributed by atoms with van der Waals surface area (Å²) in [6.45, 7) is 6.28. The van der Waals surface area contributed by atoms with Gasteiger partial charge in [0, 0.05) is 49.0 Å².